The molecule has 5 nitrogen and oxygen atoms in total. The van der Waals surface area contributed by atoms with Crippen LogP contribution in [-0.4, -0.2) is 46.8 Å². The Bertz CT molecular complexity index is 1040. The Kier molecular flexibility index (Phi) is 7.53. The maximum Gasteiger partial charge on any atom is 0.261 e. The van der Waals surface area contributed by atoms with E-state index in [0.29, 0.717) is 17.3 Å². The van der Waals surface area contributed by atoms with Crippen LogP contribution in [0.2, 0.25) is 5.02 Å². The number of piperazine rings is 1. The van der Waals surface area contributed by atoms with Gasteiger partial charge in [0.15, 0.2) is 0 Å². The van der Waals surface area contributed by atoms with Crippen LogP contribution in [0.1, 0.15) is 55.5 Å². The fourth-order valence-electron chi connectivity index (χ4n) is 5.32. The summed E-state index contributed by atoms with van der Waals surface area (Å²) >= 11 is 6.58. The Morgan fingerprint density at radius 1 is 1.00 bits per heavy atom. The summed E-state index contributed by atoms with van der Waals surface area (Å²) < 4.78 is 28.0. The van der Waals surface area contributed by atoms with Gasteiger partial charge in [-0.25, -0.2) is 8.78 Å². The molecule has 0 bridgehead atoms. The van der Waals surface area contributed by atoms with E-state index < -0.39 is 23.1 Å². The smallest absolute Gasteiger partial charge is 0.261 e. The van der Waals surface area contributed by atoms with Crippen molar-refractivity contribution < 1.29 is 18.4 Å². The number of anilines is 1. The summed E-state index contributed by atoms with van der Waals surface area (Å²) in [6.45, 7) is 6.14. The van der Waals surface area contributed by atoms with Gasteiger partial charge in [0.05, 0.1) is 10.7 Å². The Morgan fingerprint density at radius 2 is 1.59 bits per heavy atom. The molecule has 1 N–H and O–H groups in total. The lowest BCUT2D eigenvalue weighted by Crippen LogP contribution is -2.59. The molecule has 1 aliphatic heterocycles. The van der Waals surface area contributed by atoms with Crippen molar-refractivity contribution in [1.82, 2.24) is 9.80 Å². The first kappa shape index (κ1) is 24.6. The minimum absolute atomic E-state index is 0.0857. The molecule has 4 rings (SSSR count). The molecule has 2 unspecified atom stereocenters. The van der Waals surface area contributed by atoms with E-state index in [-0.39, 0.29) is 23.9 Å². The van der Waals surface area contributed by atoms with Crippen molar-refractivity contribution in [2.75, 3.05) is 18.4 Å². The Balaban J connectivity index is 1.44. The maximum atomic E-state index is 14.0. The van der Waals surface area contributed by atoms with Crippen LogP contribution in [0.15, 0.2) is 36.4 Å². The monoisotopic (exact) mass is 489 g/mol. The first-order chi connectivity index (χ1) is 16.3. The quantitative estimate of drug-likeness (QED) is 0.605. The molecule has 2 aromatic rings. The Morgan fingerprint density at radius 3 is 2.21 bits per heavy atom. The summed E-state index contributed by atoms with van der Waals surface area (Å²) in [7, 11) is 0. The second-order valence-corrected chi connectivity index (χ2v) is 9.83. The van der Waals surface area contributed by atoms with Crippen molar-refractivity contribution in [2.24, 2.45) is 5.92 Å². The van der Waals surface area contributed by atoms with Crippen LogP contribution < -0.4 is 5.32 Å². The molecule has 0 spiro atoms. The molecule has 34 heavy (non-hydrogen) atoms. The van der Waals surface area contributed by atoms with Gasteiger partial charge in [-0.05, 0) is 50.5 Å². The van der Waals surface area contributed by atoms with Gasteiger partial charge in [-0.1, -0.05) is 42.6 Å². The van der Waals surface area contributed by atoms with Crippen LogP contribution in [0.4, 0.5) is 14.5 Å². The zero-order valence-electron chi connectivity index (χ0n) is 19.5. The molecule has 1 saturated carbocycles. The van der Waals surface area contributed by atoms with Crippen LogP contribution in [0, 0.1) is 17.6 Å². The zero-order chi connectivity index (χ0) is 24.4. The highest BCUT2D eigenvalue weighted by Crippen LogP contribution is 2.31. The molecule has 1 heterocycles. The standard InChI is InChI=1S/C26H30ClF2N3O2/c1-16-13-31(14-17(2)32(16)26(34)18-7-3-4-8-18)15-19-9-5-12-22(24(19)27)30-25(33)23-20(28)10-6-11-21(23)29/h5-6,9-12,16-18H,3-4,7-8,13-15H2,1-2H3,(H,30,33). The molecule has 2 amide bonds. The van der Waals surface area contributed by atoms with Gasteiger partial charge >= 0.3 is 0 Å². The van der Waals surface area contributed by atoms with Crippen molar-refractivity contribution in [1.29, 1.82) is 0 Å². The summed E-state index contributed by atoms with van der Waals surface area (Å²) in [5.74, 6) is -2.32. The lowest BCUT2D eigenvalue weighted by Gasteiger charge is -2.45. The number of amides is 2. The van der Waals surface area contributed by atoms with E-state index >= 15 is 0 Å². The maximum absolute atomic E-state index is 14.0. The van der Waals surface area contributed by atoms with E-state index in [1.807, 2.05) is 11.0 Å². The lowest BCUT2D eigenvalue weighted by atomic mass is 10.0. The van der Waals surface area contributed by atoms with Crippen molar-refractivity contribution in [3.8, 4) is 0 Å². The third-order valence-electron chi connectivity index (χ3n) is 6.86. The molecule has 0 radical (unpaired) electrons. The third kappa shape index (κ3) is 5.10. The Hall–Kier alpha value is -2.51. The second kappa shape index (κ2) is 10.4. The van der Waals surface area contributed by atoms with E-state index in [0.717, 1.165) is 56.5 Å². The molecule has 2 fully saturated rings. The second-order valence-electron chi connectivity index (χ2n) is 9.45. The van der Waals surface area contributed by atoms with Gasteiger partial charge in [0, 0.05) is 37.6 Å². The number of hydrogen-bond donors (Lipinski definition) is 1. The summed E-state index contributed by atoms with van der Waals surface area (Å²) in [4.78, 5) is 29.8. The largest absolute Gasteiger partial charge is 0.334 e. The fourth-order valence-corrected chi connectivity index (χ4v) is 5.55. The van der Waals surface area contributed by atoms with Crippen molar-refractivity contribution >= 4 is 29.1 Å². The van der Waals surface area contributed by atoms with Crippen molar-refractivity contribution in [3.63, 3.8) is 0 Å². The van der Waals surface area contributed by atoms with Crippen LogP contribution in [0.3, 0.4) is 0 Å². The number of carbonyl (C=O) groups excluding carboxylic acids is 2. The molecule has 182 valence electrons. The predicted molar refractivity (Wildman–Crippen MR) is 129 cm³/mol. The van der Waals surface area contributed by atoms with Crippen molar-refractivity contribution in [2.45, 2.75) is 58.2 Å². The number of rotatable bonds is 5. The zero-order valence-corrected chi connectivity index (χ0v) is 20.2. The molecule has 8 heteroatoms. The summed E-state index contributed by atoms with van der Waals surface area (Å²) in [5, 5.41) is 2.87. The third-order valence-corrected chi connectivity index (χ3v) is 7.31. The average molecular weight is 490 g/mol. The van der Waals surface area contributed by atoms with Gasteiger partial charge in [0.2, 0.25) is 5.91 Å². The minimum Gasteiger partial charge on any atom is -0.334 e. The number of benzene rings is 2. The first-order valence-electron chi connectivity index (χ1n) is 11.8. The molecular weight excluding hydrogens is 460 g/mol. The highest BCUT2D eigenvalue weighted by atomic mass is 35.5. The Labute approximate surface area is 204 Å². The van der Waals surface area contributed by atoms with Crippen molar-refractivity contribution in [3.05, 3.63) is 64.2 Å². The van der Waals surface area contributed by atoms with Crippen LogP contribution in [-0.2, 0) is 11.3 Å². The number of halogens is 3. The predicted octanol–water partition coefficient (Wildman–Crippen LogP) is 5.48. The SMILES string of the molecule is CC1CN(Cc2cccc(NC(=O)c3c(F)cccc3F)c2Cl)CC(C)N1C(=O)C1CCCC1. The summed E-state index contributed by atoms with van der Waals surface area (Å²) in [5.41, 5.74) is 0.445. The summed E-state index contributed by atoms with van der Waals surface area (Å²) in [6, 6.07) is 8.67. The van der Waals surface area contributed by atoms with Crippen LogP contribution in [0.25, 0.3) is 0 Å². The molecular formula is C26H30ClF2N3O2. The topological polar surface area (TPSA) is 52.7 Å². The minimum atomic E-state index is -0.933. The average Bonchev–Trinajstić information content (AvgIpc) is 3.31. The van der Waals surface area contributed by atoms with E-state index in [1.165, 1.54) is 6.07 Å². The van der Waals surface area contributed by atoms with Gasteiger partial charge in [0.25, 0.3) is 5.91 Å². The van der Waals surface area contributed by atoms with E-state index in [2.05, 4.69) is 24.1 Å². The number of nitrogens with one attached hydrogen (secondary N) is 1. The van der Waals surface area contributed by atoms with Gasteiger partial charge in [-0.2, -0.15) is 0 Å². The van der Waals surface area contributed by atoms with E-state index in [4.69, 9.17) is 11.6 Å². The van der Waals surface area contributed by atoms with Gasteiger partial charge in [0.1, 0.15) is 17.2 Å². The molecule has 1 saturated heterocycles. The highest BCUT2D eigenvalue weighted by Gasteiger charge is 2.37. The number of nitrogens with zero attached hydrogens (tertiary/aromatic N) is 2. The molecule has 2 atom stereocenters. The van der Waals surface area contributed by atoms with Crippen LogP contribution in [0.5, 0.6) is 0 Å². The highest BCUT2D eigenvalue weighted by molar-refractivity contribution is 6.34. The lowest BCUT2D eigenvalue weighted by molar-refractivity contribution is -0.143. The van der Waals surface area contributed by atoms with Gasteiger partial charge < -0.3 is 10.2 Å². The van der Waals surface area contributed by atoms with Gasteiger partial charge in [-0.3, -0.25) is 14.5 Å². The van der Waals surface area contributed by atoms with Gasteiger partial charge in [-0.15, -0.1) is 0 Å². The van der Waals surface area contributed by atoms with E-state index in [1.54, 1.807) is 12.1 Å². The van der Waals surface area contributed by atoms with E-state index in [9.17, 15) is 18.4 Å². The molecule has 1 aliphatic carbocycles. The number of hydrogen-bond acceptors (Lipinski definition) is 3. The fraction of sp³-hybridized carbons (Fsp3) is 0.462. The van der Waals surface area contributed by atoms with Crippen LogP contribution >= 0.6 is 11.6 Å². The first-order valence-corrected chi connectivity index (χ1v) is 12.2. The number of carbonyl (C=O) groups is 2. The molecule has 2 aliphatic rings. The normalized spacial score (nSPS) is 21.6. The summed E-state index contributed by atoms with van der Waals surface area (Å²) in [6.07, 6.45) is 4.24. The molecule has 0 aromatic heterocycles. The molecule has 2 aromatic carbocycles.